The molecule has 0 unspecified atom stereocenters. The molecule has 7 nitrogen and oxygen atoms in total. The molecule has 0 saturated carbocycles. The highest BCUT2D eigenvalue weighted by Gasteiger charge is 2.34. The fourth-order valence-electron chi connectivity index (χ4n) is 3.38. The van der Waals surface area contributed by atoms with Gasteiger partial charge in [0.25, 0.3) is 0 Å². The largest absolute Gasteiger partial charge is 0.380 e. The molecule has 1 aromatic carbocycles. The summed E-state index contributed by atoms with van der Waals surface area (Å²) in [7, 11) is 3.78. The van der Waals surface area contributed by atoms with Crippen LogP contribution in [0, 0.1) is 0 Å². The van der Waals surface area contributed by atoms with Gasteiger partial charge >= 0.3 is 0 Å². The van der Waals surface area contributed by atoms with Crippen LogP contribution in [0.1, 0.15) is 23.9 Å². The van der Waals surface area contributed by atoms with Gasteiger partial charge < -0.3 is 9.30 Å². The second kappa shape index (κ2) is 5.75. The molecule has 7 heteroatoms. The maximum atomic E-state index is 5.56. The third-order valence-corrected chi connectivity index (χ3v) is 4.62. The summed E-state index contributed by atoms with van der Waals surface area (Å²) < 4.78 is 7.60. The van der Waals surface area contributed by atoms with Crippen LogP contribution >= 0.6 is 0 Å². The molecule has 0 aliphatic carbocycles. The van der Waals surface area contributed by atoms with Gasteiger partial charge in [0.2, 0.25) is 0 Å². The first kappa shape index (κ1) is 14.3. The van der Waals surface area contributed by atoms with Crippen molar-refractivity contribution in [2.75, 3.05) is 13.7 Å². The number of aromatic nitrogens is 5. The fraction of sp³-hybridized carbons (Fsp3) is 0.438. The van der Waals surface area contributed by atoms with Gasteiger partial charge in [-0.1, -0.05) is 6.07 Å². The van der Waals surface area contributed by atoms with Crippen molar-refractivity contribution in [3.63, 3.8) is 0 Å². The highest BCUT2D eigenvalue weighted by molar-refractivity contribution is 5.75. The number of H-pyrrole nitrogens is 1. The molecule has 1 saturated heterocycles. The zero-order valence-electron chi connectivity index (χ0n) is 13.3. The molecule has 0 amide bonds. The molecule has 2 atom stereocenters. The van der Waals surface area contributed by atoms with E-state index in [1.165, 1.54) is 5.56 Å². The lowest BCUT2D eigenvalue weighted by molar-refractivity contribution is 0.107. The topological polar surface area (TPSA) is 71.9 Å². The first-order valence-corrected chi connectivity index (χ1v) is 7.76. The van der Waals surface area contributed by atoms with Crippen LogP contribution in [0.5, 0.6) is 0 Å². The molecule has 120 valence electrons. The fourth-order valence-corrected chi connectivity index (χ4v) is 3.38. The molecule has 1 fully saturated rings. The van der Waals surface area contributed by atoms with Gasteiger partial charge in [0.1, 0.15) is 12.2 Å². The van der Waals surface area contributed by atoms with Gasteiger partial charge in [-0.3, -0.25) is 10.00 Å². The van der Waals surface area contributed by atoms with Crippen LogP contribution in [-0.4, -0.2) is 49.4 Å². The first-order chi connectivity index (χ1) is 11.2. The summed E-state index contributed by atoms with van der Waals surface area (Å²) in [5.74, 6) is 0.906. The van der Waals surface area contributed by atoms with Crippen molar-refractivity contribution in [2.45, 2.75) is 25.1 Å². The Labute approximate surface area is 134 Å². The minimum absolute atomic E-state index is 0.210. The Kier molecular flexibility index (Phi) is 3.59. The average Bonchev–Trinajstić information content (AvgIpc) is 3.27. The molecule has 1 aliphatic rings. The molecular weight excluding hydrogens is 292 g/mol. The minimum Gasteiger partial charge on any atom is -0.380 e. The Morgan fingerprint density at radius 2 is 2.26 bits per heavy atom. The summed E-state index contributed by atoms with van der Waals surface area (Å²) in [6.07, 6.45) is 4.57. The number of aromatic amines is 1. The predicted molar refractivity (Wildman–Crippen MR) is 85.7 cm³/mol. The van der Waals surface area contributed by atoms with Crippen LogP contribution in [0.2, 0.25) is 0 Å². The maximum absolute atomic E-state index is 5.56. The zero-order valence-corrected chi connectivity index (χ0v) is 13.3. The van der Waals surface area contributed by atoms with Crippen molar-refractivity contribution in [3.05, 3.63) is 42.2 Å². The lowest BCUT2D eigenvalue weighted by atomic mass is 10.1. The van der Waals surface area contributed by atoms with Gasteiger partial charge in [-0.2, -0.15) is 5.10 Å². The average molecular weight is 312 g/mol. The predicted octanol–water partition coefficient (Wildman–Crippen LogP) is 1.65. The summed E-state index contributed by atoms with van der Waals surface area (Å²) >= 11 is 0. The van der Waals surface area contributed by atoms with Gasteiger partial charge in [0, 0.05) is 27.2 Å². The Balaban J connectivity index is 1.59. The van der Waals surface area contributed by atoms with Crippen molar-refractivity contribution in [3.8, 4) is 0 Å². The minimum atomic E-state index is 0.210. The number of nitrogens with one attached hydrogen (secondary N) is 1. The summed E-state index contributed by atoms with van der Waals surface area (Å²) in [6, 6.07) is 6.67. The van der Waals surface area contributed by atoms with Crippen molar-refractivity contribution in [1.29, 1.82) is 0 Å². The molecular formula is C16H20N6O. The SMILES string of the molecule is CO[C@@H]1C[C@@H](c2ncn[nH]2)N(Cc2ccc3c(c2)ncn3C)C1. The van der Waals surface area contributed by atoms with E-state index >= 15 is 0 Å². The molecule has 2 aromatic heterocycles. The number of hydrogen-bond acceptors (Lipinski definition) is 5. The Bertz CT molecular complexity index is 796. The molecule has 0 radical (unpaired) electrons. The van der Waals surface area contributed by atoms with Crippen LogP contribution in [0.3, 0.4) is 0 Å². The van der Waals surface area contributed by atoms with E-state index in [2.05, 4.69) is 43.3 Å². The van der Waals surface area contributed by atoms with E-state index in [1.54, 1.807) is 13.4 Å². The number of nitrogens with zero attached hydrogens (tertiary/aromatic N) is 5. The number of methoxy groups -OCH3 is 1. The van der Waals surface area contributed by atoms with Crippen LogP contribution in [0.15, 0.2) is 30.9 Å². The third kappa shape index (κ3) is 2.62. The smallest absolute Gasteiger partial charge is 0.141 e. The number of hydrogen-bond donors (Lipinski definition) is 1. The van der Waals surface area contributed by atoms with Crippen LogP contribution < -0.4 is 0 Å². The Morgan fingerprint density at radius 1 is 1.35 bits per heavy atom. The van der Waals surface area contributed by atoms with E-state index in [0.29, 0.717) is 0 Å². The zero-order chi connectivity index (χ0) is 15.8. The molecule has 1 aliphatic heterocycles. The number of fused-ring (bicyclic) bond motifs is 1. The standard InChI is InChI=1S/C16H20N6O/c1-21-10-18-13-5-11(3-4-14(13)21)7-22-8-12(23-2)6-15(22)16-17-9-19-20-16/h3-5,9-10,12,15H,6-8H2,1-2H3,(H,17,19,20)/t12-,15+/m1/s1. The van der Waals surface area contributed by atoms with E-state index in [9.17, 15) is 0 Å². The summed E-state index contributed by atoms with van der Waals surface area (Å²) in [4.78, 5) is 11.2. The van der Waals surface area contributed by atoms with Gasteiger partial charge in [-0.15, -0.1) is 0 Å². The van der Waals surface area contributed by atoms with Crippen LogP contribution in [0.4, 0.5) is 0 Å². The van der Waals surface area contributed by atoms with Gasteiger partial charge in [-0.05, 0) is 24.1 Å². The van der Waals surface area contributed by atoms with Gasteiger partial charge in [-0.25, -0.2) is 9.97 Å². The molecule has 3 heterocycles. The molecule has 0 bridgehead atoms. The highest BCUT2D eigenvalue weighted by atomic mass is 16.5. The van der Waals surface area contributed by atoms with E-state index < -0.39 is 0 Å². The highest BCUT2D eigenvalue weighted by Crippen LogP contribution is 2.32. The number of ether oxygens (including phenoxy) is 1. The van der Waals surface area contributed by atoms with Gasteiger partial charge in [0.05, 0.1) is 29.5 Å². The summed E-state index contributed by atoms with van der Waals surface area (Å²) in [6.45, 7) is 1.74. The van der Waals surface area contributed by atoms with Crippen molar-refractivity contribution >= 4 is 11.0 Å². The number of imidazole rings is 1. The Morgan fingerprint density at radius 3 is 3.04 bits per heavy atom. The summed E-state index contributed by atoms with van der Waals surface area (Å²) in [5, 5.41) is 6.98. The van der Waals surface area contributed by atoms with Crippen molar-refractivity contribution in [1.82, 2.24) is 29.6 Å². The van der Waals surface area contributed by atoms with E-state index in [4.69, 9.17) is 4.74 Å². The monoisotopic (exact) mass is 312 g/mol. The second-order valence-corrected chi connectivity index (χ2v) is 6.09. The number of rotatable bonds is 4. The third-order valence-electron chi connectivity index (χ3n) is 4.62. The molecule has 23 heavy (non-hydrogen) atoms. The Hall–Kier alpha value is -2.25. The van der Waals surface area contributed by atoms with Crippen molar-refractivity contribution < 1.29 is 4.74 Å². The van der Waals surface area contributed by atoms with Crippen molar-refractivity contribution in [2.24, 2.45) is 7.05 Å². The van der Waals surface area contributed by atoms with E-state index in [1.807, 2.05) is 17.9 Å². The number of aryl methyl sites for hydroxylation is 1. The van der Waals surface area contributed by atoms with E-state index in [0.717, 1.165) is 36.4 Å². The number of benzene rings is 1. The second-order valence-electron chi connectivity index (χ2n) is 6.09. The van der Waals surface area contributed by atoms with Gasteiger partial charge in [0.15, 0.2) is 0 Å². The first-order valence-electron chi connectivity index (χ1n) is 7.76. The van der Waals surface area contributed by atoms with E-state index in [-0.39, 0.29) is 12.1 Å². The molecule has 1 N–H and O–H groups in total. The van der Waals surface area contributed by atoms with Crippen LogP contribution in [0.25, 0.3) is 11.0 Å². The summed E-state index contributed by atoms with van der Waals surface area (Å²) in [5.41, 5.74) is 3.43. The lowest BCUT2D eigenvalue weighted by Gasteiger charge is -2.22. The normalized spacial score (nSPS) is 22.2. The quantitative estimate of drug-likeness (QED) is 0.793. The lowest BCUT2D eigenvalue weighted by Crippen LogP contribution is -2.25. The number of likely N-dealkylation sites (tertiary alicyclic amines) is 1. The van der Waals surface area contributed by atoms with Crippen LogP contribution in [-0.2, 0) is 18.3 Å². The molecule has 4 rings (SSSR count). The molecule has 0 spiro atoms. The molecule has 3 aromatic rings. The maximum Gasteiger partial charge on any atom is 0.141 e.